The van der Waals surface area contributed by atoms with Crippen molar-refractivity contribution in [1.82, 2.24) is 4.90 Å². The Morgan fingerprint density at radius 2 is 2.18 bits per heavy atom. The zero-order valence-electron chi connectivity index (χ0n) is 10.8. The third-order valence-corrected chi connectivity index (χ3v) is 3.87. The number of aryl methyl sites for hydroxylation is 2. The zero-order valence-corrected chi connectivity index (χ0v) is 11.6. The van der Waals surface area contributed by atoms with Crippen molar-refractivity contribution in [1.29, 1.82) is 0 Å². The molecule has 0 fully saturated rings. The van der Waals surface area contributed by atoms with Crippen LogP contribution in [0.2, 0.25) is 0 Å². The van der Waals surface area contributed by atoms with Gasteiger partial charge in [0.25, 0.3) is 5.91 Å². The van der Waals surface area contributed by atoms with Crippen LogP contribution >= 0.6 is 11.3 Å². The summed E-state index contributed by atoms with van der Waals surface area (Å²) >= 11 is 1.56. The molecule has 0 radical (unpaired) electrons. The number of rotatable bonds is 6. The maximum Gasteiger partial charge on any atom is 0.264 e. The van der Waals surface area contributed by atoms with Crippen molar-refractivity contribution >= 4 is 17.2 Å². The van der Waals surface area contributed by atoms with Gasteiger partial charge in [-0.05, 0) is 31.9 Å². The van der Waals surface area contributed by atoms with Crippen LogP contribution in [-0.4, -0.2) is 35.6 Å². The van der Waals surface area contributed by atoms with Crippen molar-refractivity contribution in [3.05, 3.63) is 21.4 Å². The number of carbonyl (C=O) groups is 1. The fourth-order valence-corrected chi connectivity index (χ4v) is 2.86. The van der Waals surface area contributed by atoms with E-state index >= 15 is 0 Å². The number of carbonyl (C=O) groups excluding carboxylic acids is 1. The molecular formula is C13H21NO2S. The lowest BCUT2D eigenvalue weighted by Gasteiger charge is -2.18. The molecule has 0 aromatic carbocycles. The monoisotopic (exact) mass is 255 g/mol. The van der Waals surface area contributed by atoms with Gasteiger partial charge in [0.05, 0.1) is 11.5 Å². The van der Waals surface area contributed by atoms with E-state index in [0.717, 1.165) is 17.7 Å². The summed E-state index contributed by atoms with van der Waals surface area (Å²) in [4.78, 5) is 15.9. The Labute approximate surface area is 107 Å². The zero-order chi connectivity index (χ0) is 12.8. The van der Waals surface area contributed by atoms with Crippen LogP contribution in [0.1, 0.15) is 40.4 Å². The number of amides is 1. The minimum atomic E-state index is 0.0196. The molecule has 1 amide bonds. The number of thiophene rings is 1. The third kappa shape index (κ3) is 3.54. The van der Waals surface area contributed by atoms with Gasteiger partial charge >= 0.3 is 0 Å². The van der Waals surface area contributed by atoms with Crippen molar-refractivity contribution in [2.75, 3.05) is 19.7 Å². The lowest BCUT2D eigenvalue weighted by molar-refractivity contribution is 0.0737. The summed E-state index contributed by atoms with van der Waals surface area (Å²) in [5, 5.41) is 8.92. The molecule has 0 spiro atoms. The number of hydrogen-bond donors (Lipinski definition) is 1. The average molecular weight is 255 g/mol. The molecule has 96 valence electrons. The molecule has 0 aliphatic carbocycles. The summed E-state index contributed by atoms with van der Waals surface area (Å²) in [7, 11) is 0. The van der Waals surface area contributed by atoms with Gasteiger partial charge in [0.15, 0.2) is 0 Å². The van der Waals surface area contributed by atoms with Gasteiger partial charge in [-0.15, -0.1) is 11.3 Å². The fourth-order valence-electron chi connectivity index (χ4n) is 1.82. The summed E-state index contributed by atoms with van der Waals surface area (Å²) in [5.74, 6) is 0.0389. The van der Waals surface area contributed by atoms with Crippen LogP contribution in [0.25, 0.3) is 0 Å². The maximum absolute atomic E-state index is 12.2. The fraction of sp³-hybridized carbons (Fsp3) is 0.615. The van der Waals surface area contributed by atoms with E-state index in [1.54, 1.807) is 16.2 Å². The summed E-state index contributed by atoms with van der Waals surface area (Å²) in [5.41, 5.74) is 1.28. The van der Waals surface area contributed by atoms with Crippen LogP contribution in [0.4, 0.5) is 0 Å². The molecule has 1 heterocycles. The van der Waals surface area contributed by atoms with Crippen LogP contribution in [0.15, 0.2) is 6.07 Å². The molecule has 1 rings (SSSR count). The first-order valence-electron chi connectivity index (χ1n) is 6.13. The second kappa shape index (κ2) is 6.77. The molecule has 0 aliphatic heterocycles. The quantitative estimate of drug-likeness (QED) is 0.848. The van der Waals surface area contributed by atoms with Gasteiger partial charge in [-0.1, -0.05) is 13.3 Å². The lowest BCUT2D eigenvalue weighted by Crippen LogP contribution is -2.32. The van der Waals surface area contributed by atoms with E-state index in [4.69, 9.17) is 5.11 Å². The number of hydrogen-bond acceptors (Lipinski definition) is 3. The number of aliphatic hydroxyl groups excluding tert-OH is 1. The molecule has 1 N–H and O–H groups in total. The highest BCUT2D eigenvalue weighted by atomic mass is 32.1. The topological polar surface area (TPSA) is 40.5 Å². The van der Waals surface area contributed by atoms with Crippen molar-refractivity contribution in [3.8, 4) is 0 Å². The second-order valence-corrected chi connectivity index (χ2v) is 5.31. The van der Waals surface area contributed by atoms with Gasteiger partial charge in [-0.2, -0.15) is 0 Å². The molecule has 4 heteroatoms. The largest absolute Gasteiger partial charge is 0.395 e. The van der Waals surface area contributed by atoms with Crippen LogP contribution in [-0.2, 0) is 6.42 Å². The molecule has 17 heavy (non-hydrogen) atoms. The molecule has 0 aliphatic rings. The van der Waals surface area contributed by atoms with Crippen molar-refractivity contribution in [2.24, 2.45) is 0 Å². The van der Waals surface area contributed by atoms with Crippen molar-refractivity contribution in [2.45, 2.75) is 33.6 Å². The van der Waals surface area contributed by atoms with Crippen LogP contribution < -0.4 is 0 Å². The van der Waals surface area contributed by atoms with E-state index in [0.29, 0.717) is 13.1 Å². The smallest absolute Gasteiger partial charge is 0.264 e. The Morgan fingerprint density at radius 1 is 1.47 bits per heavy atom. The van der Waals surface area contributed by atoms with Gasteiger partial charge in [-0.25, -0.2) is 0 Å². The van der Waals surface area contributed by atoms with Gasteiger partial charge in [-0.3, -0.25) is 4.79 Å². The maximum atomic E-state index is 12.2. The molecular weight excluding hydrogens is 234 g/mol. The predicted octanol–water partition coefficient (Wildman–Crippen LogP) is 2.46. The van der Waals surface area contributed by atoms with Crippen LogP contribution in [0, 0.1) is 6.92 Å². The first-order valence-corrected chi connectivity index (χ1v) is 6.95. The summed E-state index contributed by atoms with van der Waals surface area (Å²) in [6, 6.07) is 2.01. The number of nitrogens with zero attached hydrogens (tertiary/aromatic N) is 1. The molecule has 0 atom stereocenters. The van der Waals surface area contributed by atoms with E-state index in [9.17, 15) is 4.79 Å². The predicted molar refractivity (Wildman–Crippen MR) is 71.7 cm³/mol. The van der Waals surface area contributed by atoms with Gasteiger partial charge in [0.2, 0.25) is 0 Å². The second-order valence-electron chi connectivity index (χ2n) is 4.05. The van der Waals surface area contributed by atoms with Crippen LogP contribution in [0.5, 0.6) is 0 Å². The summed E-state index contributed by atoms with van der Waals surface area (Å²) < 4.78 is 0. The molecule has 0 bridgehead atoms. The van der Waals surface area contributed by atoms with E-state index in [1.165, 1.54) is 10.4 Å². The van der Waals surface area contributed by atoms with Gasteiger partial charge in [0.1, 0.15) is 0 Å². The highest BCUT2D eigenvalue weighted by molar-refractivity contribution is 7.14. The molecule has 3 nitrogen and oxygen atoms in total. The van der Waals surface area contributed by atoms with Gasteiger partial charge < -0.3 is 10.0 Å². The minimum Gasteiger partial charge on any atom is -0.395 e. The van der Waals surface area contributed by atoms with E-state index in [1.807, 2.05) is 13.0 Å². The Bertz CT molecular complexity index is 373. The Morgan fingerprint density at radius 3 is 2.71 bits per heavy atom. The highest BCUT2D eigenvalue weighted by Gasteiger charge is 2.17. The summed E-state index contributed by atoms with van der Waals surface area (Å²) in [6.07, 6.45) is 2.13. The number of likely N-dealkylation sites (N-methyl/N-ethyl adjacent to an activating group) is 1. The van der Waals surface area contributed by atoms with Crippen LogP contribution in [0.3, 0.4) is 0 Å². The third-order valence-electron chi connectivity index (χ3n) is 2.79. The molecule has 1 aromatic heterocycles. The normalized spacial score (nSPS) is 10.6. The standard InChI is InChI=1S/C13H21NO2S/c1-4-6-11-9-12(17-10(11)3)13(16)14(5-2)7-8-15/h9,15H,4-8H2,1-3H3. The molecule has 0 saturated carbocycles. The Balaban J connectivity index is 2.84. The van der Waals surface area contributed by atoms with Crippen molar-refractivity contribution in [3.63, 3.8) is 0 Å². The Kier molecular flexibility index (Phi) is 5.65. The van der Waals surface area contributed by atoms with E-state index in [2.05, 4.69) is 13.8 Å². The SMILES string of the molecule is CCCc1cc(C(=O)N(CC)CCO)sc1C. The lowest BCUT2D eigenvalue weighted by atomic mass is 10.1. The van der Waals surface area contributed by atoms with Gasteiger partial charge in [0, 0.05) is 18.0 Å². The van der Waals surface area contributed by atoms with Crippen molar-refractivity contribution < 1.29 is 9.90 Å². The first kappa shape index (κ1) is 14.2. The van der Waals surface area contributed by atoms with E-state index < -0.39 is 0 Å². The number of aliphatic hydroxyl groups is 1. The molecule has 0 saturated heterocycles. The Hall–Kier alpha value is -0.870. The first-order chi connectivity index (χ1) is 8.13. The highest BCUT2D eigenvalue weighted by Crippen LogP contribution is 2.24. The average Bonchev–Trinajstić information content (AvgIpc) is 2.68. The molecule has 1 aromatic rings. The van der Waals surface area contributed by atoms with E-state index in [-0.39, 0.29) is 12.5 Å². The minimum absolute atomic E-state index is 0.0196. The molecule has 0 unspecified atom stereocenters. The summed E-state index contributed by atoms with van der Waals surface area (Å²) in [6.45, 7) is 7.21.